The summed E-state index contributed by atoms with van der Waals surface area (Å²) in [6.07, 6.45) is 4.98. The fourth-order valence-electron chi connectivity index (χ4n) is 2.16. The van der Waals surface area contributed by atoms with Crippen molar-refractivity contribution in [2.24, 2.45) is 0 Å². The van der Waals surface area contributed by atoms with Crippen LogP contribution < -0.4 is 5.32 Å². The van der Waals surface area contributed by atoms with Crippen molar-refractivity contribution in [2.45, 2.75) is 26.8 Å². The van der Waals surface area contributed by atoms with Crippen LogP contribution in [-0.4, -0.2) is 30.8 Å². The largest absolute Gasteiger partial charge is 0.361 e. The summed E-state index contributed by atoms with van der Waals surface area (Å²) in [7, 11) is 0. The number of nitrogens with one attached hydrogen (secondary N) is 1. The first-order valence-corrected chi connectivity index (χ1v) is 7.12. The summed E-state index contributed by atoms with van der Waals surface area (Å²) in [5.41, 5.74) is 2.49. The number of nitrogens with zero attached hydrogens (tertiary/aromatic N) is 5. The van der Waals surface area contributed by atoms with E-state index in [4.69, 9.17) is 4.52 Å². The molecule has 0 saturated heterocycles. The van der Waals surface area contributed by atoms with Crippen LogP contribution in [0.2, 0.25) is 0 Å². The molecule has 3 aromatic heterocycles. The molecular weight excluding hydrogens is 296 g/mol. The summed E-state index contributed by atoms with van der Waals surface area (Å²) < 4.78 is 6.62. The maximum Gasteiger partial charge on any atom is 0.224 e. The van der Waals surface area contributed by atoms with Crippen LogP contribution in [0.25, 0.3) is 5.82 Å². The molecule has 0 atom stereocenters. The lowest BCUT2D eigenvalue weighted by atomic mass is 10.1. The monoisotopic (exact) mass is 312 g/mol. The van der Waals surface area contributed by atoms with E-state index in [0.29, 0.717) is 18.1 Å². The number of hydrogen-bond donors (Lipinski definition) is 1. The second kappa shape index (κ2) is 6.39. The minimum Gasteiger partial charge on any atom is -0.361 e. The molecule has 1 N–H and O–H groups in total. The van der Waals surface area contributed by atoms with E-state index in [9.17, 15) is 4.79 Å². The fourth-order valence-corrected chi connectivity index (χ4v) is 2.16. The Morgan fingerprint density at radius 2 is 2.22 bits per heavy atom. The van der Waals surface area contributed by atoms with Crippen LogP contribution in [0.1, 0.15) is 22.6 Å². The zero-order valence-electron chi connectivity index (χ0n) is 12.9. The van der Waals surface area contributed by atoms with Crippen molar-refractivity contribution < 1.29 is 9.32 Å². The minimum absolute atomic E-state index is 0.0836. The molecule has 8 nitrogen and oxygen atoms in total. The number of pyridine rings is 1. The topological polar surface area (TPSA) is 98.7 Å². The summed E-state index contributed by atoms with van der Waals surface area (Å²) in [5.74, 6) is 1.27. The molecule has 118 valence electrons. The molecule has 0 fully saturated rings. The quantitative estimate of drug-likeness (QED) is 0.758. The number of rotatable bonds is 5. The number of aryl methyl sites for hydroxylation is 2. The van der Waals surface area contributed by atoms with Crippen LogP contribution in [0.5, 0.6) is 0 Å². The molecule has 0 aliphatic carbocycles. The first kappa shape index (κ1) is 14.9. The lowest BCUT2D eigenvalue weighted by Crippen LogP contribution is -2.25. The Bertz CT molecular complexity index is 772. The molecule has 1 amide bonds. The van der Waals surface area contributed by atoms with Crippen LogP contribution >= 0.6 is 0 Å². The first-order chi connectivity index (χ1) is 11.1. The average molecular weight is 312 g/mol. The van der Waals surface area contributed by atoms with Crippen molar-refractivity contribution >= 4 is 5.91 Å². The highest BCUT2D eigenvalue weighted by Gasteiger charge is 2.13. The predicted octanol–water partition coefficient (Wildman–Crippen LogP) is 1.13. The fraction of sp³-hybridized carbons (Fsp3) is 0.267. The molecule has 23 heavy (non-hydrogen) atoms. The maximum absolute atomic E-state index is 12.0. The van der Waals surface area contributed by atoms with E-state index in [1.54, 1.807) is 24.1 Å². The third kappa shape index (κ3) is 3.42. The van der Waals surface area contributed by atoms with Crippen LogP contribution in [0.15, 0.2) is 35.5 Å². The lowest BCUT2D eigenvalue weighted by Gasteiger charge is -2.06. The Balaban J connectivity index is 1.57. The molecule has 0 saturated carbocycles. The molecule has 0 bridgehead atoms. The summed E-state index contributed by atoms with van der Waals surface area (Å²) in [6, 6.07) is 3.71. The van der Waals surface area contributed by atoms with E-state index >= 15 is 0 Å². The van der Waals surface area contributed by atoms with Gasteiger partial charge < -0.3 is 9.84 Å². The number of amides is 1. The van der Waals surface area contributed by atoms with E-state index in [0.717, 1.165) is 16.8 Å². The molecule has 0 aliphatic rings. The smallest absolute Gasteiger partial charge is 0.224 e. The van der Waals surface area contributed by atoms with Gasteiger partial charge in [0.25, 0.3) is 0 Å². The highest BCUT2D eigenvalue weighted by atomic mass is 16.5. The summed E-state index contributed by atoms with van der Waals surface area (Å²) in [6.45, 7) is 4.04. The van der Waals surface area contributed by atoms with Crippen molar-refractivity contribution in [1.29, 1.82) is 0 Å². The van der Waals surface area contributed by atoms with Gasteiger partial charge in [-0.25, -0.2) is 14.6 Å². The minimum atomic E-state index is -0.0836. The Kier molecular flexibility index (Phi) is 4.13. The van der Waals surface area contributed by atoms with E-state index in [-0.39, 0.29) is 12.3 Å². The normalized spacial score (nSPS) is 10.7. The van der Waals surface area contributed by atoms with Crippen molar-refractivity contribution in [3.8, 4) is 5.82 Å². The third-order valence-corrected chi connectivity index (χ3v) is 3.47. The Morgan fingerprint density at radius 1 is 1.35 bits per heavy atom. The Labute approximate surface area is 132 Å². The van der Waals surface area contributed by atoms with Gasteiger partial charge >= 0.3 is 0 Å². The van der Waals surface area contributed by atoms with E-state index < -0.39 is 0 Å². The zero-order valence-corrected chi connectivity index (χ0v) is 12.9. The van der Waals surface area contributed by atoms with Gasteiger partial charge in [0.2, 0.25) is 5.91 Å². The van der Waals surface area contributed by atoms with E-state index in [1.807, 2.05) is 19.1 Å². The predicted molar refractivity (Wildman–Crippen MR) is 80.7 cm³/mol. The molecule has 0 radical (unpaired) electrons. The zero-order chi connectivity index (χ0) is 16.2. The Morgan fingerprint density at radius 3 is 2.83 bits per heavy atom. The molecule has 0 aromatic carbocycles. The SMILES string of the molecule is Cc1noc(C)c1CC(=O)NCc1ccc(-n2cncn2)nc1. The Hall–Kier alpha value is -3.03. The third-order valence-electron chi connectivity index (χ3n) is 3.47. The van der Waals surface area contributed by atoms with Crippen molar-refractivity contribution in [1.82, 2.24) is 30.2 Å². The second-order valence-corrected chi connectivity index (χ2v) is 5.12. The maximum atomic E-state index is 12.0. The number of carbonyl (C=O) groups is 1. The van der Waals surface area contributed by atoms with Gasteiger partial charge in [0.15, 0.2) is 5.82 Å². The molecule has 0 aliphatic heterocycles. The molecular formula is C15H16N6O2. The van der Waals surface area contributed by atoms with Gasteiger partial charge in [-0.05, 0) is 25.5 Å². The molecule has 3 rings (SSSR count). The van der Waals surface area contributed by atoms with Gasteiger partial charge in [0.05, 0.1) is 12.1 Å². The van der Waals surface area contributed by atoms with E-state index in [1.165, 1.54) is 6.33 Å². The second-order valence-electron chi connectivity index (χ2n) is 5.12. The van der Waals surface area contributed by atoms with Crippen LogP contribution in [0, 0.1) is 13.8 Å². The summed E-state index contributed by atoms with van der Waals surface area (Å²) in [5, 5.41) is 10.7. The van der Waals surface area contributed by atoms with Gasteiger partial charge in [0, 0.05) is 18.3 Å². The van der Waals surface area contributed by atoms with Crippen molar-refractivity contribution in [3.05, 3.63) is 53.6 Å². The number of aromatic nitrogens is 5. The molecule has 0 unspecified atom stereocenters. The van der Waals surface area contributed by atoms with Gasteiger partial charge in [-0.1, -0.05) is 11.2 Å². The van der Waals surface area contributed by atoms with Gasteiger partial charge in [-0.2, -0.15) is 5.10 Å². The van der Waals surface area contributed by atoms with Gasteiger partial charge in [0.1, 0.15) is 18.4 Å². The lowest BCUT2D eigenvalue weighted by molar-refractivity contribution is -0.120. The molecule has 3 heterocycles. The first-order valence-electron chi connectivity index (χ1n) is 7.12. The average Bonchev–Trinajstić information content (AvgIpc) is 3.19. The summed E-state index contributed by atoms with van der Waals surface area (Å²) >= 11 is 0. The molecule has 3 aromatic rings. The van der Waals surface area contributed by atoms with Crippen LogP contribution in [0.3, 0.4) is 0 Å². The highest BCUT2D eigenvalue weighted by Crippen LogP contribution is 2.12. The summed E-state index contributed by atoms with van der Waals surface area (Å²) in [4.78, 5) is 20.2. The number of hydrogen-bond acceptors (Lipinski definition) is 6. The highest BCUT2D eigenvalue weighted by molar-refractivity contribution is 5.78. The molecule has 8 heteroatoms. The van der Waals surface area contributed by atoms with Crippen molar-refractivity contribution in [3.63, 3.8) is 0 Å². The standard InChI is InChI=1S/C15H16N6O2/c1-10-13(11(2)23-20-10)5-15(22)18-7-12-3-4-14(17-6-12)21-9-16-8-19-21/h3-4,6,8-9H,5,7H2,1-2H3,(H,18,22). The van der Waals surface area contributed by atoms with Crippen LogP contribution in [0.4, 0.5) is 0 Å². The number of carbonyl (C=O) groups excluding carboxylic acids is 1. The van der Waals surface area contributed by atoms with Crippen molar-refractivity contribution in [2.75, 3.05) is 0 Å². The van der Waals surface area contributed by atoms with Gasteiger partial charge in [-0.15, -0.1) is 0 Å². The molecule has 0 spiro atoms. The van der Waals surface area contributed by atoms with E-state index in [2.05, 4.69) is 25.5 Å². The van der Waals surface area contributed by atoms with Crippen LogP contribution in [-0.2, 0) is 17.8 Å². The van der Waals surface area contributed by atoms with Gasteiger partial charge in [-0.3, -0.25) is 4.79 Å².